The third-order valence-electron chi connectivity index (χ3n) is 1.83. The largest absolute Gasteiger partial charge is 0.467 e. The first-order chi connectivity index (χ1) is 7.18. The molecule has 0 aromatic carbocycles. The molecule has 2 rings (SSSR count). The molecule has 6 heteroatoms. The Morgan fingerprint density at radius 1 is 1.47 bits per heavy atom. The van der Waals surface area contributed by atoms with E-state index in [9.17, 15) is 4.79 Å². The summed E-state index contributed by atoms with van der Waals surface area (Å²) in [7, 11) is 0. The molecule has 0 unspecified atom stereocenters. The van der Waals surface area contributed by atoms with Gasteiger partial charge in [0.15, 0.2) is 0 Å². The number of furan rings is 1. The molecule has 0 atom stereocenters. The smallest absolute Gasteiger partial charge is 0.282 e. The monoisotopic (exact) mass is 332 g/mol. The molecule has 0 aliphatic rings. The summed E-state index contributed by atoms with van der Waals surface area (Å²) in [5, 5.41) is 3.98. The van der Waals surface area contributed by atoms with Crippen LogP contribution in [0.3, 0.4) is 0 Å². The number of hydrogen-bond acceptors (Lipinski definition) is 3. The zero-order valence-corrected chi connectivity index (χ0v) is 10.7. The summed E-state index contributed by atoms with van der Waals surface area (Å²) < 4.78 is 7.57. The summed E-state index contributed by atoms with van der Waals surface area (Å²) in [5.41, 5.74) is -0.194. The zero-order chi connectivity index (χ0) is 10.8. The summed E-state index contributed by atoms with van der Waals surface area (Å²) in [6.07, 6.45) is 3.13. The van der Waals surface area contributed by atoms with Gasteiger partial charge in [-0.2, -0.15) is 5.10 Å². The number of rotatable bonds is 2. The van der Waals surface area contributed by atoms with Gasteiger partial charge in [-0.3, -0.25) is 4.79 Å². The van der Waals surface area contributed by atoms with Gasteiger partial charge in [0, 0.05) is 0 Å². The van der Waals surface area contributed by atoms with Crippen LogP contribution in [0.4, 0.5) is 0 Å². The van der Waals surface area contributed by atoms with Crippen LogP contribution < -0.4 is 5.56 Å². The normalized spacial score (nSPS) is 10.5. The summed E-state index contributed by atoms with van der Waals surface area (Å²) in [6, 6.07) is 3.57. The minimum absolute atomic E-state index is 0.194. The lowest BCUT2D eigenvalue weighted by molar-refractivity contribution is 0.470. The second-order valence-corrected chi connectivity index (χ2v) is 4.50. The lowest BCUT2D eigenvalue weighted by atomic mass is 10.4. The van der Waals surface area contributed by atoms with Gasteiger partial charge in [-0.05, 0) is 44.0 Å². The van der Waals surface area contributed by atoms with Gasteiger partial charge in [0.1, 0.15) is 16.8 Å². The Morgan fingerprint density at radius 2 is 2.27 bits per heavy atom. The molecular formula is C9H6Br2N2O2. The fourth-order valence-electron chi connectivity index (χ4n) is 1.11. The first-order valence-corrected chi connectivity index (χ1v) is 5.70. The van der Waals surface area contributed by atoms with Crippen molar-refractivity contribution in [2.45, 2.75) is 6.54 Å². The molecule has 0 saturated carbocycles. The van der Waals surface area contributed by atoms with Gasteiger partial charge in [0.25, 0.3) is 5.56 Å². The first-order valence-electron chi connectivity index (χ1n) is 4.12. The first kappa shape index (κ1) is 10.6. The van der Waals surface area contributed by atoms with Crippen molar-refractivity contribution in [2.75, 3.05) is 0 Å². The molecule has 0 aliphatic carbocycles. The Bertz CT molecular complexity index is 519. The molecule has 4 nitrogen and oxygen atoms in total. The summed E-state index contributed by atoms with van der Waals surface area (Å²) in [6.45, 7) is 0.331. The fourth-order valence-corrected chi connectivity index (χ4v) is 1.68. The minimum Gasteiger partial charge on any atom is -0.467 e. The van der Waals surface area contributed by atoms with E-state index in [4.69, 9.17) is 4.42 Å². The highest BCUT2D eigenvalue weighted by Gasteiger charge is 2.07. The van der Waals surface area contributed by atoms with E-state index in [1.165, 1.54) is 4.68 Å². The Hall–Kier alpha value is -0.880. The molecule has 0 radical (unpaired) electrons. The van der Waals surface area contributed by atoms with Crippen LogP contribution in [0.15, 0.2) is 42.7 Å². The summed E-state index contributed by atoms with van der Waals surface area (Å²) >= 11 is 6.40. The average Bonchev–Trinajstić information content (AvgIpc) is 2.72. The second-order valence-electron chi connectivity index (χ2n) is 2.85. The van der Waals surface area contributed by atoms with E-state index < -0.39 is 0 Å². The lowest BCUT2D eigenvalue weighted by Gasteiger charge is -2.02. The zero-order valence-electron chi connectivity index (χ0n) is 7.48. The Kier molecular flexibility index (Phi) is 3.06. The van der Waals surface area contributed by atoms with E-state index in [-0.39, 0.29) is 5.56 Å². The number of halogens is 2. The van der Waals surface area contributed by atoms with Crippen LogP contribution in [0, 0.1) is 0 Å². The second kappa shape index (κ2) is 4.32. The standard InChI is InChI=1S/C9H6Br2N2O2/c10-7-4-12-13(9(14)8(7)11)5-6-2-1-3-15-6/h1-4H,5H2. The maximum atomic E-state index is 11.7. The van der Waals surface area contributed by atoms with Crippen LogP contribution in [-0.2, 0) is 6.54 Å². The molecule has 0 bridgehead atoms. The van der Waals surface area contributed by atoms with Crippen LogP contribution in [0.25, 0.3) is 0 Å². The summed E-state index contributed by atoms with van der Waals surface area (Å²) in [5.74, 6) is 0.693. The van der Waals surface area contributed by atoms with E-state index >= 15 is 0 Å². The summed E-state index contributed by atoms with van der Waals surface area (Å²) in [4.78, 5) is 11.7. The van der Waals surface area contributed by atoms with Crippen molar-refractivity contribution in [1.29, 1.82) is 0 Å². The van der Waals surface area contributed by atoms with Gasteiger partial charge in [-0.1, -0.05) is 0 Å². The highest BCUT2D eigenvalue weighted by atomic mass is 79.9. The van der Waals surface area contributed by atoms with Gasteiger partial charge in [0.2, 0.25) is 0 Å². The maximum Gasteiger partial charge on any atom is 0.282 e. The maximum absolute atomic E-state index is 11.7. The van der Waals surface area contributed by atoms with Crippen LogP contribution in [-0.4, -0.2) is 9.78 Å². The highest BCUT2D eigenvalue weighted by molar-refractivity contribution is 9.13. The van der Waals surface area contributed by atoms with E-state index in [1.807, 2.05) is 0 Å². The van der Waals surface area contributed by atoms with Crippen molar-refractivity contribution >= 4 is 31.9 Å². The van der Waals surface area contributed by atoms with Crippen LogP contribution >= 0.6 is 31.9 Å². The van der Waals surface area contributed by atoms with E-state index in [0.29, 0.717) is 21.3 Å². The van der Waals surface area contributed by atoms with Crippen molar-refractivity contribution in [2.24, 2.45) is 0 Å². The van der Waals surface area contributed by atoms with Crippen molar-refractivity contribution in [3.8, 4) is 0 Å². The predicted molar refractivity (Wildman–Crippen MR) is 61.7 cm³/mol. The average molecular weight is 334 g/mol. The molecule has 0 aliphatic heterocycles. The van der Waals surface area contributed by atoms with E-state index in [1.54, 1.807) is 24.6 Å². The molecule has 0 fully saturated rings. The molecule has 78 valence electrons. The van der Waals surface area contributed by atoms with Crippen LogP contribution in [0.5, 0.6) is 0 Å². The number of aromatic nitrogens is 2. The van der Waals surface area contributed by atoms with Gasteiger partial charge in [-0.15, -0.1) is 0 Å². The molecule has 0 amide bonds. The van der Waals surface area contributed by atoms with E-state index in [2.05, 4.69) is 37.0 Å². The van der Waals surface area contributed by atoms with Gasteiger partial charge in [0.05, 0.1) is 16.9 Å². The van der Waals surface area contributed by atoms with Gasteiger partial charge < -0.3 is 4.42 Å². The molecule has 0 saturated heterocycles. The third-order valence-corrected chi connectivity index (χ3v) is 3.73. The van der Waals surface area contributed by atoms with Crippen LogP contribution in [0.1, 0.15) is 5.76 Å². The highest BCUT2D eigenvalue weighted by Crippen LogP contribution is 2.16. The van der Waals surface area contributed by atoms with Crippen molar-refractivity contribution < 1.29 is 4.42 Å². The molecule has 15 heavy (non-hydrogen) atoms. The quantitative estimate of drug-likeness (QED) is 0.848. The molecule has 0 N–H and O–H groups in total. The molecular weight excluding hydrogens is 328 g/mol. The third kappa shape index (κ3) is 2.21. The van der Waals surface area contributed by atoms with Gasteiger partial charge in [-0.25, -0.2) is 4.68 Å². The van der Waals surface area contributed by atoms with Crippen molar-refractivity contribution in [3.05, 3.63) is 49.7 Å². The number of hydrogen-bond donors (Lipinski definition) is 0. The number of nitrogens with zero attached hydrogens (tertiary/aromatic N) is 2. The Labute approximate surface area is 102 Å². The molecule has 2 aromatic rings. The van der Waals surface area contributed by atoms with Gasteiger partial charge >= 0.3 is 0 Å². The van der Waals surface area contributed by atoms with Crippen molar-refractivity contribution in [3.63, 3.8) is 0 Å². The fraction of sp³-hybridized carbons (Fsp3) is 0.111. The molecule has 2 heterocycles. The minimum atomic E-state index is -0.194. The molecule has 2 aromatic heterocycles. The lowest BCUT2D eigenvalue weighted by Crippen LogP contribution is -2.23. The SMILES string of the molecule is O=c1c(Br)c(Br)cnn1Cc1ccco1. The van der Waals surface area contributed by atoms with E-state index in [0.717, 1.165) is 0 Å². The molecule has 0 spiro atoms. The Balaban J connectivity index is 2.38. The van der Waals surface area contributed by atoms with Crippen molar-refractivity contribution in [1.82, 2.24) is 9.78 Å². The predicted octanol–water partition coefficient (Wildman–Crippen LogP) is 2.41. The topological polar surface area (TPSA) is 48.0 Å². The Morgan fingerprint density at radius 3 is 2.93 bits per heavy atom. The van der Waals surface area contributed by atoms with Crippen LogP contribution in [0.2, 0.25) is 0 Å².